The number of halogens is 1. The Balaban J connectivity index is 2.81. The van der Waals surface area contributed by atoms with E-state index in [4.69, 9.17) is 11.6 Å². The van der Waals surface area contributed by atoms with Gasteiger partial charge in [-0.25, -0.2) is 9.36 Å². The highest BCUT2D eigenvalue weighted by molar-refractivity contribution is 6.30. The van der Waals surface area contributed by atoms with E-state index in [1.54, 1.807) is 20.2 Å². The highest BCUT2D eigenvalue weighted by Crippen LogP contribution is 2.05. The monoisotopic (exact) mass is 240 g/mol. The van der Waals surface area contributed by atoms with E-state index in [1.807, 2.05) is 0 Å². The lowest BCUT2D eigenvalue weighted by atomic mass is 10.4. The standard InChI is InChI=1S/C9H9ClN4O2/c1-5-7(10)12-9(16)14(8(5)15)6-3-11-13(2)4-6/h3-4H,1-2H3,(H,12,16). The molecule has 0 aliphatic carbocycles. The summed E-state index contributed by atoms with van der Waals surface area (Å²) >= 11 is 5.69. The molecule has 6 nitrogen and oxygen atoms in total. The van der Waals surface area contributed by atoms with E-state index in [9.17, 15) is 9.59 Å². The summed E-state index contributed by atoms with van der Waals surface area (Å²) in [6, 6.07) is 0. The molecule has 7 heteroatoms. The first-order chi connectivity index (χ1) is 7.50. The third-order valence-corrected chi connectivity index (χ3v) is 2.60. The van der Waals surface area contributed by atoms with Crippen molar-refractivity contribution in [2.75, 3.05) is 0 Å². The molecule has 16 heavy (non-hydrogen) atoms. The van der Waals surface area contributed by atoms with Crippen molar-refractivity contribution in [2.24, 2.45) is 7.05 Å². The van der Waals surface area contributed by atoms with Crippen LogP contribution in [0.1, 0.15) is 5.56 Å². The van der Waals surface area contributed by atoms with Crippen LogP contribution in [0.15, 0.2) is 22.0 Å². The van der Waals surface area contributed by atoms with Crippen molar-refractivity contribution in [3.63, 3.8) is 0 Å². The largest absolute Gasteiger partial charge is 0.334 e. The topological polar surface area (TPSA) is 72.7 Å². The third-order valence-electron chi connectivity index (χ3n) is 2.22. The molecule has 0 spiro atoms. The van der Waals surface area contributed by atoms with E-state index in [-0.39, 0.29) is 5.15 Å². The fourth-order valence-corrected chi connectivity index (χ4v) is 1.52. The minimum atomic E-state index is -0.575. The first kappa shape index (κ1) is 10.7. The van der Waals surface area contributed by atoms with Crippen LogP contribution in [0.5, 0.6) is 0 Å². The first-order valence-corrected chi connectivity index (χ1v) is 4.89. The molecule has 2 aromatic rings. The fourth-order valence-electron chi connectivity index (χ4n) is 1.36. The van der Waals surface area contributed by atoms with Crippen LogP contribution in [0, 0.1) is 6.92 Å². The van der Waals surface area contributed by atoms with Gasteiger partial charge in [-0.3, -0.25) is 14.5 Å². The van der Waals surface area contributed by atoms with Gasteiger partial charge in [-0.2, -0.15) is 5.10 Å². The van der Waals surface area contributed by atoms with Crippen LogP contribution in [0.2, 0.25) is 5.15 Å². The maximum atomic E-state index is 11.8. The smallest absolute Gasteiger partial charge is 0.297 e. The average Bonchev–Trinajstić information content (AvgIpc) is 2.61. The van der Waals surface area contributed by atoms with Crippen molar-refractivity contribution in [1.82, 2.24) is 19.3 Å². The molecule has 84 valence electrons. The van der Waals surface area contributed by atoms with Gasteiger partial charge < -0.3 is 0 Å². The van der Waals surface area contributed by atoms with Gasteiger partial charge in [-0.05, 0) is 6.92 Å². The molecule has 2 rings (SSSR count). The average molecular weight is 241 g/mol. The van der Waals surface area contributed by atoms with E-state index in [0.717, 1.165) is 4.57 Å². The normalized spacial score (nSPS) is 10.7. The molecular weight excluding hydrogens is 232 g/mol. The molecule has 0 saturated heterocycles. The molecule has 0 saturated carbocycles. The summed E-state index contributed by atoms with van der Waals surface area (Å²) in [5.41, 5.74) is -0.311. The number of aromatic nitrogens is 4. The van der Waals surface area contributed by atoms with Crippen LogP contribution >= 0.6 is 11.6 Å². The summed E-state index contributed by atoms with van der Waals surface area (Å²) in [6.45, 7) is 1.55. The van der Waals surface area contributed by atoms with Crippen LogP contribution in [-0.4, -0.2) is 19.3 Å². The number of nitrogens with zero attached hydrogens (tertiary/aromatic N) is 3. The molecule has 1 N–H and O–H groups in total. The Hall–Kier alpha value is -1.82. The number of hydrogen-bond donors (Lipinski definition) is 1. The third kappa shape index (κ3) is 1.57. The Labute approximate surface area is 95.1 Å². The maximum Gasteiger partial charge on any atom is 0.334 e. The van der Waals surface area contributed by atoms with E-state index < -0.39 is 11.2 Å². The number of rotatable bonds is 1. The van der Waals surface area contributed by atoms with Gasteiger partial charge in [0.1, 0.15) is 5.15 Å². The Morgan fingerprint density at radius 1 is 1.44 bits per heavy atom. The Kier molecular flexibility index (Phi) is 2.43. The van der Waals surface area contributed by atoms with Crippen LogP contribution in [0.25, 0.3) is 5.69 Å². The molecule has 2 aromatic heterocycles. The molecule has 0 unspecified atom stereocenters. The van der Waals surface area contributed by atoms with Crippen molar-refractivity contribution in [3.8, 4) is 5.69 Å². The summed E-state index contributed by atoms with van der Waals surface area (Å²) in [5, 5.41) is 3.96. The molecule has 0 fully saturated rings. The maximum absolute atomic E-state index is 11.8. The van der Waals surface area contributed by atoms with E-state index in [2.05, 4.69) is 10.1 Å². The second-order valence-corrected chi connectivity index (χ2v) is 3.76. The van der Waals surface area contributed by atoms with Crippen molar-refractivity contribution in [2.45, 2.75) is 6.92 Å². The van der Waals surface area contributed by atoms with Crippen molar-refractivity contribution in [1.29, 1.82) is 0 Å². The van der Waals surface area contributed by atoms with Gasteiger partial charge in [-0.1, -0.05) is 11.6 Å². The summed E-state index contributed by atoms with van der Waals surface area (Å²) in [5.74, 6) is 0. The second-order valence-electron chi connectivity index (χ2n) is 3.38. The van der Waals surface area contributed by atoms with Crippen LogP contribution in [0.4, 0.5) is 0 Å². The van der Waals surface area contributed by atoms with Crippen molar-refractivity contribution >= 4 is 11.6 Å². The molecular formula is C9H9ClN4O2. The predicted molar refractivity (Wildman–Crippen MR) is 59.2 cm³/mol. The van der Waals surface area contributed by atoms with Gasteiger partial charge in [0, 0.05) is 13.2 Å². The second kappa shape index (κ2) is 3.64. The van der Waals surface area contributed by atoms with E-state index in [0.29, 0.717) is 11.3 Å². The molecule has 0 aromatic carbocycles. The Morgan fingerprint density at radius 3 is 2.69 bits per heavy atom. The Bertz CT molecular complexity index is 652. The SMILES string of the molecule is Cc1c(Cl)[nH]c(=O)n(-c2cnn(C)c2)c1=O. The van der Waals surface area contributed by atoms with Crippen molar-refractivity contribution in [3.05, 3.63) is 43.9 Å². The minimum absolute atomic E-state index is 0.0649. The Morgan fingerprint density at radius 2 is 2.12 bits per heavy atom. The number of hydrogen-bond acceptors (Lipinski definition) is 3. The lowest BCUT2D eigenvalue weighted by Crippen LogP contribution is -2.35. The van der Waals surface area contributed by atoms with Crippen LogP contribution in [0.3, 0.4) is 0 Å². The minimum Gasteiger partial charge on any atom is -0.297 e. The number of nitrogens with one attached hydrogen (secondary N) is 1. The van der Waals surface area contributed by atoms with Gasteiger partial charge in [0.25, 0.3) is 5.56 Å². The zero-order chi connectivity index (χ0) is 11.9. The molecule has 0 bridgehead atoms. The van der Waals surface area contributed by atoms with E-state index in [1.165, 1.54) is 10.9 Å². The summed E-state index contributed by atoms with van der Waals surface area (Å²) in [7, 11) is 1.70. The van der Waals surface area contributed by atoms with Gasteiger partial charge in [0.15, 0.2) is 0 Å². The fraction of sp³-hybridized carbons (Fsp3) is 0.222. The van der Waals surface area contributed by atoms with Crippen molar-refractivity contribution < 1.29 is 0 Å². The molecule has 0 amide bonds. The molecule has 2 heterocycles. The number of H-pyrrole nitrogens is 1. The number of aryl methyl sites for hydroxylation is 1. The lowest BCUT2D eigenvalue weighted by Gasteiger charge is -2.03. The van der Waals surface area contributed by atoms with Crippen LogP contribution in [-0.2, 0) is 7.05 Å². The number of aromatic amines is 1. The summed E-state index contributed by atoms with van der Waals surface area (Å²) in [6.07, 6.45) is 3.01. The highest BCUT2D eigenvalue weighted by atomic mass is 35.5. The van der Waals surface area contributed by atoms with Gasteiger partial charge in [-0.15, -0.1) is 0 Å². The van der Waals surface area contributed by atoms with Gasteiger partial charge in [0.2, 0.25) is 0 Å². The quantitative estimate of drug-likeness (QED) is 0.725. The predicted octanol–water partition coefficient (Wildman–Crippen LogP) is 0.221. The lowest BCUT2D eigenvalue weighted by molar-refractivity contribution is 0.766. The molecule has 0 atom stereocenters. The molecule has 0 aliphatic rings. The molecule has 0 aliphatic heterocycles. The zero-order valence-corrected chi connectivity index (χ0v) is 9.45. The van der Waals surface area contributed by atoms with Gasteiger partial charge in [0.05, 0.1) is 17.4 Å². The van der Waals surface area contributed by atoms with Crippen LogP contribution < -0.4 is 11.2 Å². The van der Waals surface area contributed by atoms with E-state index >= 15 is 0 Å². The van der Waals surface area contributed by atoms with Gasteiger partial charge >= 0.3 is 5.69 Å². The first-order valence-electron chi connectivity index (χ1n) is 4.51. The molecule has 0 radical (unpaired) electrons. The summed E-state index contributed by atoms with van der Waals surface area (Å²) < 4.78 is 2.50. The highest BCUT2D eigenvalue weighted by Gasteiger charge is 2.11. The zero-order valence-electron chi connectivity index (χ0n) is 8.69. The summed E-state index contributed by atoms with van der Waals surface area (Å²) in [4.78, 5) is 25.8.